The smallest absolute Gasteiger partial charge is 0.231 e. The van der Waals surface area contributed by atoms with Gasteiger partial charge in [0.2, 0.25) is 6.79 Å². The molecule has 0 amide bonds. The minimum atomic E-state index is -0.170. The number of nitrogens with one attached hydrogen (secondary N) is 2. The van der Waals surface area contributed by atoms with Gasteiger partial charge in [0.05, 0.1) is 11.9 Å². The molecule has 2 aromatic rings. The van der Waals surface area contributed by atoms with Gasteiger partial charge in [-0.05, 0) is 41.8 Å². The first-order valence-electron chi connectivity index (χ1n) is 9.22. The Hall–Kier alpha value is -2.51. The van der Waals surface area contributed by atoms with Gasteiger partial charge in [-0.1, -0.05) is 24.3 Å². The summed E-state index contributed by atoms with van der Waals surface area (Å²) >= 11 is 1.72. The Morgan fingerprint density at radius 3 is 3.00 bits per heavy atom. The van der Waals surface area contributed by atoms with Crippen LogP contribution in [0.4, 0.5) is 4.39 Å². The Balaban J connectivity index is 1.28. The van der Waals surface area contributed by atoms with Crippen LogP contribution in [0.25, 0.3) is 4.91 Å². The fourth-order valence-corrected chi connectivity index (χ4v) is 4.88. The predicted octanol–water partition coefficient (Wildman–Crippen LogP) is 3.44. The summed E-state index contributed by atoms with van der Waals surface area (Å²) in [6.45, 7) is 3.28. The third kappa shape index (κ3) is 3.25. The highest BCUT2D eigenvalue weighted by Gasteiger charge is 2.35. The number of rotatable bonds is 3. The molecule has 2 unspecified atom stereocenters. The van der Waals surface area contributed by atoms with Crippen molar-refractivity contribution < 1.29 is 13.9 Å². The average molecular weight is 397 g/mol. The van der Waals surface area contributed by atoms with E-state index in [1.807, 2.05) is 30.3 Å². The molecular formula is C21H20FN3O2S. The van der Waals surface area contributed by atoms with E-state index in [0.29, 0.717) is 18.8 Å². The van der Waals surface area contributed by atoms with Gasteiger partial charge >= 0.3 is 0 Å². The number of thioether (sulfide) groups is 1. The number of hydrogen-bond donors (Lipinski definition) is 2. The summed E-state index contributed by atoms with van der Waals surface area (Å²) < 4.78 is 24.8. The number of ether oxygens (including phenoxy) is 2. The lowest BCUT2D eigenvalue weighted by molar-refractivity contribution is 0.174. The molecule has 2 N–H and O–H groups in total. The van der Waals surface area contributed by atoms with Gasteiger partial charge in [0.1, 0.15) is 11.7 Å². The summed E-state index contributed by atoms with van der Waals surface area (Å²) in [5, 5.41) is 7.05. The SMILES string of the molecule is Cc1ccc(C2=CC3NCN=C(NCc4ccc5c(c4)OCO5)C3S2)cc1F. The first kappa shape index (κ1) is 17.6. The van der Waals surface area contributed by atoms with E-state index in [9.17, 15) is 4.39 Å². The Labute approximate surface area is 167 Å². The molecule has 0 spiro atoms. The van der Waals surface area contributed by atoms with Crippen LogP contribution in [0.3, 0.4) is 0 Å². The van der Waals surface area contributed by atoms with Crippen molar-refractivity contribution in [3.63, 3.8) is 0 Å². The van der Waals surface area contributed by atoms with Crippen molar-refractivity contribution in [3.05, 3.63) is 65.0 Å². The molecule has 2 aromatic carbocycles. The molecule has 0 aromatic heterocycles. The van der Waals surface area contributed by atoms with E-state index in [1.165, 1.54) is 0 Å². The van der Waals surface area contributed by atoms with Gasteiger partial charge in [-0.2, -0.15) is 0 Å². The second-order valence-corrected chi connectivity index (χ2v) is 8.19. The molecule has 28 heavy (non-hydrogen) atoms. The van der Waals surface area contributed by atoms with Crippen LogP contribution in [0.2, 0.25) is 0 Å². The highest BCUT2D eigenvalue weighted by Crippen LogP contribution is 2.41. The Bertz CT molecular complexity index is 992. The summed E-state index contributed by atoms with van der Waals surface area (Å²) in [6.07, 6.45) is 2.18. The van der Waals surface area contributed by atoms with E-state index < -0.39 is 0 Å². The highest BCUT2D eigenvalue weighted by atomic mass is 32.2. The molecule has 5 rings (SSSR count). The van der Waals surface area contributed by atoms with Crippen LogP contribution in [-0.4, -0.2) is 30.6 Å². The van der Waals surface area contributed by atoms with Crippen molar-refractivity contribution in [1.82, 2.24) is 10.6 Å². The lowest BCUT2D eigenvalue weighted by Crippen LogP contribution is -2.48. The van der Waals surface area contributed by atoms with Crippen molar-refractivity contribution in [1.29, 1.82) is 0 Å². The molecule has 0 saturated heterocycles. The van der Waals surface area contributed by atoms with Crippen LogP contribution < -0.4 is 20.1 Å². The number of hydrogen-bond acceptors (Lipinski definition) is 6. The zero-order valence-corrected chi connectivity index (χ0v) is 16.2. The molecule has 3 heterocycles. The number of aryl methyl sites for hydroxylation is 1. The zero-order chi connectivity index (χ0) is 19.1. The fraction of sp³-hybridized carbons (Fsp3) is 0.286. The minimum Gasteiger partial charge on any atom is -0.454 e. The summed E-state index contributed by atoms with van der Waals surface area (Å²) in [4.78, 5) is 5.71. The standard InChI is InChI=1S/C21H20FN3O2S/c1-12-2-4-14(7-15(12)22)19-8-16-20(28-19)21(25-10-24-16)23-9-13-3-5-17-18(6-13)27-11-26-17/h2-8,16,20,24H,9-11H2,1H3,(H,23,25). The summed E-state index contributed by atoms with van der Waals surface area (Å²) in [6, 6.07) is 11.6. The van der Waals surface area contributed by atoms with Gasteiger partial charge < -0.3 is 14.8 Å². The Morgan fingerprint density at radius 2 is 2.11 bits per heavy atom. The topological polar surface area (TPSA) is 54.9 Å². The molecule has 5 nitrogen and oxygen atoms in total. The van der Waals surface area contributed by atoms with Crippen molar-refractivity contribution in [2.45, 2.75) is 24.8 Å². The van der Waals surface area contributed by atoms with Gasteiger partial charge in [-0.25, -0.2) is 4.39 Å². The van der Waals surface area contributed by atoms with Crippen molar-refractivity contribution in [3.8, 4) is 11.5 Å². The molecule has 0 bridgehead atoms. The van der Waals surface area contributed by atoms with Crippen molar-refractivity contribution in [2.24, 2.45) is 4.99 Å². The van der Waals surface area contributed by atoms with Gasteiger partial charge in [-0.3, -0.25) is 10.3 Å². The Morgan fingerprint density at radius 1 is 1.21 bits per heavy atom. The van der Waals surface area contributed by atoms with Crippen LogP contribution in [0, 0.1) is 12.7 Å². The molecule has 0 fully saturated rings. The maximum atomic E-state index is 14.0. The summed E-state index contributed by atoms with van der Waals surface area (Å²) in [7, 11) is 0. The average Bonchev–Trinajstić information content (AvgIpc) is 3.34. The molecule has 0 saturated carbocycles. The predicted molar refractivity (Wildman–Crippen MR) is 109 cm³/mol. The first-order chi connectivity index (χ1) is 13.7. The van der Waals surface area contributed by atoms with Crippen molar-refractivity contribution >= 4 is 22.5 Å². The normalized spacial score (nSPS) is 22.5. The molecule has 0 aliphatic carbocycles. The van der Waals surface area contributed by atoms with E-state index in [-0.39, 0.29) is 23.9 Å². The molecule has 7 heteroatoms. The van der Waals surface area contributed by atoms with Crippen LogP contribution in [0.15, 0.2) is 47.5 Å². The van der Waals surface area contributed by atoms with Crippen LogP contribution in [-0.2, 0) is 6.54 Å². The number of fused-ring (bicyclic) bond motifs is 2. The maximum absolute atomic E-state index is 14.0. The van der Waals surface area contributed by atoms with Gasteiger partial charge in [0.25, 0.3) is 0 Å². The van der Waals surface area contributed by atoms with E-state index in [4.69, 9.17) is 9.47 Å². The van der Waals surface area contributed by atoms with Crippen molar-refractivity contribution in [2.75, 3.05) is 13.5 Å². The fourth-order valence-electron chi connectivity index (χ4n) is 3.53. The highest BCUT2D eigenvalue weighted by molar-refractivity contribution is 8.09. The van der Waals surface area contributed by atoms with E-state index in [0.717, 1.165) is 33.4 Å². The van der Waals surface area contributed by atoms with E-state index >= 15 is 0 Å². The molecule has 2 atom stereocenters. The molecule has 144 valence electrons. The largest absolute Gasteiger partial charge is 0.454 e. The quantitative estimate of drug-likeness (QED) is 0.831. The monoisotopic (exact) mass is 397 g/mol. The second kappa shape index (κ2) is 7.14. The maximum Gasteiger partial charge on any atom is 0.231 e. The number of amidine groups is 1. The molecular weight excluding hydrogens is 377 g/mol. The van der Waals surface area contributed by atoms with Gasteiger partial charge in [-0.15, -0.1) is 11.8 Å². The third-order valence-electron chi connectivity index (χ3n) is 5.12. The number of nitrogens with zero attached hydrogens (tertiary/aromatic N) is 1. The molecule has 0 radical (unpaired) electrons. The summed E-state index contributed by atoms with van der Waals surface area (Å²) in [5.41, 5.74) is 2.69. The number of aliphatic imine (C=N–C) groups is 1. The lowest BCUT2D eigenvalue weighted by Gasteiger charge is -2.26. The van der Waals surface area contributed by atoms with Gasteiger partial charge in [0, 0.05) is 17.5 Å². The van der Waals surface area contributed by atoms with Crippen LogP contribution in [0.1, 0.15) is 16.7 Å². The molecule has 3 aliphatic heterocycles. The zero-order valence-electron chi connectivity index (χ0n) is 15.4. The summed E-state index contributed by atoms with van der Waals surface area (Å²) in [5.74, 6) is 2.36. The van der Waals surface area contributed by atoms with Crippen LogP contribution in [0.5, 0.6) is 11.5 Å². The van der Waals surface area contributed by atoms with E-state index in [1.54, 1.807) is 24.8 Å². The molecule has 3 aliphatic rings. The van der Waals surface area contributed by atoms with Gasteiger partial charge in [0.15, 0.2) is 11.5 Å². The lowest BCUT2D eigenvalue weighted by atomic mass is 10.1. The minimum absolute atomic E-state index is 0.155. The second-order valence-electron chi connectivity index (χ2n) is 7.01. The number of halogens is 1. The number of benzene rings is 2. The Kier molecular flexibility index (Phi) is 4.49. The third-order valence-corrected chi connectivity index (χ3v) is 6.52. The van der Waals surface area contributed by atoms with E-state index in [2.05, 4.69) is 21.7 Å². The first-order valence-corrected chi connectivity index (χ1v) is 10.1. The van der Waals surface area contributed by atoms with Crippen LogP contribution >= 0.6 is 11.8 Å².